The van der Waals surface area contributed by atoms with E-state index in [9.17, 15) is 8.42 Å². The van der Waals surface area contributed by atoms with Crippen molar-refractivity contribution >= 4 is 15.7 Å². The molecule has 2 rings (SSSR count). The van der Waals surface area contributed by atoms with Gasteiger partial charge in [0.1, 0.15) is 0 Å². The molecule has 0 aliphatic heterocycles. The van der Waals surface area contributed by atoms with E-state index in [0.717, 1.165) is 11.1 Å². The first-order valence-electron chi connectivity index (χ1n) is 6.30. The molecule has 0 saturated heterocycles. The van der Waals surface area contributed by atoms with E-state index in [1.165, 1.54) is 4.31 Å². The highest BCUT2D eigenvalue weighted by molar-refractivity contribution is 7.92. The van der Waals surface area contributed by atoms with Crippen molar-refractivity contribution in [3.05, 3.63) is 59.7 Å². The van der Waals surface area contributed by atoms with Gasteiger partial charge in [0, 0.05) is 13.6 Å². The van der Waals surface area contributed by atoms with Gasteiger partial charge in [-0.15, -0.1) is 0 Å². The first kappa shape index (κ1) is 14.6. The Bertz CT molecular complexity index is 697. The second-order valence-electron chi connectivity index (χ2n) is 4.60. The number of sulfonamides is 1. The first-order chi connectivity index (χ1) is 9.46. The highest BCUT2D eigenvalue weighted by Crippen LogP contribution is 2.23. The van der Waals surface area contributed by atoms with E-state index in [2.05, 4.69) is 0 Å². The van der Waals surface area contributed by atoms with Crippen LogP contribution in [0.2, 0.25) is 0 Å². The van der Waals surface area contributed by atoms with Crippen LogP contribution in [0.5, 0.6) is 0 Å². The summed E-state index contributed by atoms with van der Waals surface area (Å²) in [5.74, 6) is 0. The molecular weight excluding hydrogens is 272 g/mol. The summed E-state index contributed by atoms with van der Waals surface area (Å²) in [7, 11) is -1.99. The first-order valence-corrected chi connectivity index (χ1v) is 7.74. The quantitative estimate of drug-likeness (QED) is 0.939. The summed E-state index contributed by atoms with van der Waals surface area (Å²) in [5, 5.41) is 0. The molecule has 2 aromatic carbocycles. The fourth-order valence-corrected chi connectivity index (χ4v) is 3.27. The van der Waals surface area contributed by atoms with Crippen LogP contribution in [0.15, 0.2) is 53.4 Å². The largest absolute Gasteiger partial charge is 0.326 e. The van der Waals surface area contributed by atoms with Gasteiger partial charge in [-0.05, 0) is 42.3 Å². The molecule has 0 aromatic heterocycles. The molecule has 0 unspecified atom stereocenters. The average Bonchev–Trinajstić information content (AvgIpc) is 2.47. The minimum atomic E-state index is -3.55. The number of hydrogen-bond donors (Lipinski definition) is 1. The molecule has 0 aliphatic carbocycles. The third-order valence-electron chi connectivity index (χ3n) is 3.31. The Hall–Kier alpha value is -1.85. The zero-order chi connectivity index (χ0) is 14.8. The van der Waals surface area contributed by atoms with Crippen LogP contribution in [0.4, 0.5) is 5.69 Å². The second kappa shape index (κ2) is 5.64. The fraction of sp³-hybridized carbons (Fsp3) is 0.200. The van der Waals surface area contributed by atoms with Crippen LogP contribution < -0.4 is 10.0 Å². The third-order valence-corrected chi connectivity index (χ3v) is 5.09. The summed E-state index contributed by atoms with van der Waals surface area (Å²) < 4.78 is 26.4. The van der Waals surface area contributed by atoms with Gasteiger partial charge in [-0.25, -0.2) is 8.42 Å². The lowest BCUT2D eigenvalue weighted by Crippen LogP contribution is -2.26. The zero-order valence-corrected chi connectivity index (χ0v) is 12.4. The van der Waals surface area contributed by atoms with Gasteiger partial charge in [0.05, 0.1) is 10.6 Å². The Morgan fingerprint density at radius 2 is 1.75 bits per heavy atom. The molecule has 0 bridgehead atoms. The monoisotopic (exact) mass is 290 g/mol. The predicted octanol–water partition coefficient (Wildman–Crippen LogP) is 2.28. The Morgan fingerprint density at radius 3 is 2.30 bits per heavy atom. The maximum Gasteiger partial charge on any atom is 0.264 e. The molecule has 20 heavy (non-hydrogen) atoms. The maximum atomic E-state index is 12.6. The fourth-order valence-electron chi connectivity index (χ4n) is 1.99. The van der Waals surface area contributed by atoms with Gasteiger partial charge < -0.3 is 5.73 Å². The number of nitrogens with two attached hydrogens (primary N) is 1. The van der Waals surface area contributed by atoms with Crippen molar-refractivity contribution in [3.8, 4) is 0 Å². The van der Waals surface area contributed by atoms with Gasteiger partial charge in [0.15, 0.2) is 0 Å². The summed E-state index contributed by atoms with van der Waals surface area (Å²) in [5.41, 5.74) is 8.07. The molecule has 0 radical (unpaired) electrons. The SMILES string of the molecule is Cc1cc(S(=O)(=O)N(C)c2ccccc2)ccc1CN. The maximum absolute atomic E-state index is 12.6. The molecule has 4 nitrogen and oxygen atoms in total. The van der Waals surface area contributed by atoms with Gasteiger partial charge in [-0.3, -0.25) is 4.31 Å². The summed E-state index contributed by atoms with van der Waals surface area (Å²) in [4.78, 5) is 0.276. The van der Waals surface area contributed by atoms with Crippen molar-refractivity contribution in [1.82, 2.24) is 0 Å². The molecule has 106 valence electrons. The molecule has 0 spiro atoms. The highest BCUT2D eigenvalue weighted by Gasteiger charge is 2.21. The van der Waals surface area contributed by atoms with Gasteiger partial charge in [-0.2, -0.15) is 0 Å². The van der Waals surface area contributed by atoms with Crippen LogP contribution in [0.3, 0.4) is 0 Å². The number of para-hydroxylation sites is 1. The second-order valence-corrected chi connectivity index (χ2v) is 6.57. The zero-order valence-electron chi connectivity index (χ0n) is 11.6. The van der Waals surface area contributed by atoms with Gasteiger partial charge in [0.2, 0.25) is 0 Å². The summed E-state index contributed by atoms with van der Waals surface area (Å²) >= 11 is 0. The number of hydrogen-bond acceptors (Lipinski definition) is 3. The lowest BCUT2D eigenvalue weighted by Gasteiger charge is -2.20. The number of aryl methyl sites for hydroxylation is 1. The highest BCUT2D eigenvalue weighted by atomic mass is 32.2. The van der Waals surface area contributed by atoms with Crippen LogP contribution in [-0.2, 0) is 16.6 Å². The van der Waals surface area contributed by atoms with Crippen molar-refractivity contribution in [2.24, 2.45) is 5.73 Å². The van der Waals surface area contributed by atoms with Crippen LogP contribution in [-0.4, -0.2) is 15.5 Å². The Labute approximate surface area is 119 Å². The molecule has 0 saturated carbocycles. The van der Waals surface area contributed by atoms with Crippen molar-refractivity contribution in [1.29, 1.82) is 0 Å². The van der Waals surface area contributed by atoms with Crippen molar-refractivity contribution in [3.63, 3.8) is 0 Å². The smallest absolute Gasteiger partial charge is 0.264 e. The van der Waals surface area contributed by atoms with E-state index < -0.39 is 10.0 Å². The lowest BCUT2D eigenvalue weighted by molar-refractivity contribution is 0.594. The van der Waals surface area contributed by atoms with Crippen molar-refractivity contribution in [2.75, 3.05) is 11.4 Å². The average molecular weight is 290 g/mol. The third kappa shape index (κ3) is 2.69. The van der Waals surface area contributed by atoms with Crippen molar-refractivity contribution < 1.29 is 8.42 Å². The van der Waals surface area contributed by atoms with E-state index in [4.69, 9.17) is 5.73 Å². The normalized spacial score (nSPS) is 11.3. The van der Waals surface area contributed by atoms with E-state index in [1.54, 1.807) is 37.4 Å². The molecule has 0 heterocycles. The molecule has 2 aromatic rings. The number of anilines is 1. The molecule has 0 amide bonds. The lowest BCUT2D eigenvalue weighted by atomic mass is 10.1. The Kier molecular flexibility index (Phi) is 4.11. The van der Waals surface area contributed by atoms with Crippen LogP contribution in [0, 0.1) is 6.92 Å². The summed E-state index contributed by atoms with van der Waals surface area (Å²) in [6.45, 7) is 2.27. The van der Waals surface area contributed by atoms with E-state index in [1.807, 2.05) is 25.1 Å². The van der Waals surface area contributed by atoms with Crippen LogP contribution in [0.1, 0.15) is 11.1 Å². The predicted molar refractivity (Wildman–Crippen MR) is 81.1 cm³/mol. The van der Waals surface area contributed by atoms with Gasteiger partial charge in [0.25, 0.3) is 10.0 Å². The molecule has 2 N–H and O–H groups in total. The van der Waals surface area contributed by atoms with Gasteiger partial charge >= 0.3 is 0 Å². The van der Waals surface area contributed by atoms with E-state index >= 15 is 0 Å². The molecule has 0 atom stereocenters. The van der Waals surface area contributed by atoms with Crippen LogP contribution in [0.25, 0.3) is 0 Å². The number of nitrogens with zero attached hydrogens (tertiary/aromatic N) is 1. The molecule has 0 fully saturated rings. The minimum Gasteiger partial charge on any atom is -0.326 e. The molecule has 5 heteroatoms. The summed E-state index contributed by atoms with van der Waals surface area (Å²) in [6, 6.07) is 14.0. The molecular formula is C15H18N2O2S. The molecule has 0 aliphatic rings. The number of benzene rings is 2. The Morgan fingerprint density at radius 1 is 1.10 bits per heavy atom. The van der Waals surface area contributed by atoms with E-state index in [-0.39, 0.29) is 4.90 Å². The van der Waals surface area contributed by atoms with Gasteiger partial charge in [-0.1, -0.05) is 24.3 Å². The summed E-state index contributed by atoms with van der Waals surface area (Å²) in [6.07, 6.45) is 0. The Balaban J connectivity index is 2.43. The standard InChI is InChI=1S/C15H18N2O2S/c1-12-10-15(9-8-13(12)11-16)20(18,19)17(2)14-6-4-3-5-7-14/h3-10H,11,16H2,1-2H3. The van der Waals surface area contributed by atoms with Crippen LogP contribution >= 0.6 is 0 Å². The van der Waals surface area contributed by atoms with E-state index in [0.29, 0.717) is 12.2 Å². The topological polar surface area (TPSA) is 63.4 Å². The number of rotatable bonds is 4. The van der Waals surface area contributed by atoms with Crippen molar-refractivity contribution in [2.45, 2.75) is 18.4 Å². The minimum absolute atomic E-state index is 0.276.